The molecule has 0 aromatic carbocycles. The van der Waals surface area contributed by atoms with E-state index in [4.69, 9.17) is 3.07 Å². The van der Waals surface area contributed by atoms with Gasteiger partial charge in [-0.1, -0.05) is 0 Å². The van der Waals surface area contributed by atoms with Crippen molar-refractivity contribution in [1.29, 1.82) is 0 Å². The van der Waals surface area contributed by atoms with E-state index in [1.807, 2.05) is 0 Å². The largest absolute Gasteiger partial charge is 0.412 e. The maximum atomic E-state index is 5.72. The Morgan fingerprint density at radius 1 is 1.40 bits per heavy atom. The van der Waals surface area contributed by atoms with Crippen molar-refractivity contribution in [2.24, 2.45) is 0 Å². The predicted octanol–water partition coefficient (Wildman–Crippen LogP) is 1.37. The Hall–Kier alpha value is 0.719. The first kappa shape index (κ1) is 10.7. The van der Waals surface area contributed by atoms with Gasteiger partial charge in [0.2, 0.25) is 0 Å². The van der Waals surface area contributed by atoms with E-state index >= 15 is 0 Å². The van der Waals surface area contributed by atoms with Crippen LogP contribution in [0.4, 0.5) is 0 Å². The number of hydrogen-bond acceptors (Lipinski definition) is 1. The van der Waals surface area contributed by atoms with E-state index in [1.54, 1.807) is 0 Å². The Labute approximate surface area is 70.5 Å². The summed E-state index contributed by atoms with van der Waals surface area (Å²) < 4.78 is 8.67. The van der Waals surface area contributed by atoms with Gasteiger partial charge < -0.3 is 5.48 Å². The quantitative estimate of drug-likeness (QED) is 0.684. The van der Waals surface area contributed by atoms with Gasteiger partial charge in [-0.3, -0.25) is 0 Å². The minimum atomic E-state index is -1.14. The summed E-state index contributed by atoms with van der Waals surface area (Å²) in [6.07, 6.45) is 4.15. The molecule has 0 spiro atoms. The molecule has 0 aromatic rings. The van der Waals surface area contributed by atoms with Crippen LogP contribution in [0.15, 0.2) is 0 Å². The monoisotopic (exact) mass is 253 g/mol. The van der Waals surface area contributed by atoms with E-state index in [9.17, 15) is 0 Å². The molecule has 10 heavy (non-hydrogen) atoms. The molecule has 1 rings (SSSR count). The van der Waals surface area contributed by atoms with Crippen LogP contribution >= 0.6 is 0 Å². The van der Waals surface area contributed by atoms with Crippen molar-refractivity contribution >= 4 is 20.2 Å². The van der Waals surface area contributed by atoms with Gasteiger partial charge in [0.25, 0.3) is 0 Å². The fourth-order valence-corrected chi connectivity index (χ4v) is 7.39. The van der Waals surface area contributed by atoms with Crippen LogP contribution in [0.1, 0.15) is 26.2 Å². The summed E-state index contributed by atoms with van der Waals surface area (Å²) in [5, 5.41) is 0. The summed E-state index contributed by atoms with van der Waals surface area (Å²) in [6, 6.07) is 0. The normalized spacial score (nSPS) is 20.1. The molecule has 1 radical (unpaired) electrons. The number of hydrogen-bond donors (Lipinski definition) is 0. The standard InChI is InChI=1S/C4H8O.C3H7.H2O.Sn/c1-2-3-4-5;1-3-2;;/h1-4H2;1,3H2,2H3;1H2;/q-1;;;+1. The van der Waals surface area contributed by atoms with Crippen molar-refractivity contribution in [2.75, 3.05) is 6.61 Å². The molecule has 1 aliphatic heterocycles. The van der Waals surface area contributed by atoms with Gasteiger partial charge in [0.15, 0.2) is 0 Å². The van der Waals surface area contributed by atoms with Crippen LogP contribution in [0.25, 0.3) is 0 Å². The SMILES string of the molecule is CC[CH2][Sn]1[CH2]CCC[O]1.O. The van der Waals surface area contributed by atoms with Gasteiger partial charge in [-0.25, -0.2) is 0 Å². The van der Waals surface area contributed by atoms with Crippen molar-refractivity contribution < 1.29 is 8.55 Å². The topological polar surface area (TPSA) is 40.7 Å². The van der Waals surface area contributed by atoms with E-state index in [2.05, 4.69) is 6.92 Å². The molecule has 0 aliphatic carbocycles. The first-order chi connectivity index (χ1) is 4.43. The molecule has 1 fully saturated rings. The van der Waals surface area contributed by atoms with Gasteiger partial charge in [-0.15, -0.1) is 0 Å². The average molecular weight is 252 g/mol. The van der Waals surface area contributed by atoms with E-state index in [0.29, 0.717) is 0 Å². The van der Waals surface area contributed by atoms with Gasteiger partial charge in [0.05, 0.1) is 0 Å². The van der Waals surface area contributed by atoms with Gasteiger partial charge in [0, 0.05) is 0 Å². The van der Waals surface area contributed by atoms with Gasteiger partial charge in [0.1, 0.15) is 0 Å². The summed E-state index contributed by atoms with van der Waals surface area (Å²) >= 11 is -1.14. The molecular formula is C7H17O2Sn. The summed E-state index contributed by atoms with van der Waals surface area (Å²) in [5.74, 6) is 0. The van der Waals surface area contributed by atoms with E-state index in [-0.39, 0.29) is 5.48 Å². The van der Waals surface area contributed by atoms with Crippen LogP contribution in [-0.4, -0.2) is 32.3 Å². The third kappa shape index (κ3) is 3.78. The number of rotatable bonds is 2. The predicted molar refractivity (Wildman–Crippen MR) is 44.5 cm³/mol. The Balaban J connectivity index is 0.000000810. The van der Waals surface area contributed by atoms with Crippen LogP contribution in [0.3, 0.4) is 0 Å². The summed E-state index contributed by atoms with van der Waals surface area (Å²) in [6.45, 7) is 3.36. The fraction of sp³-hybridized carbons (Fsp3) is 1.00. The first-order valence-electron chi connectivity index (χ1n) is 3.91. The van der Waals surface area contributed by atoms with Crippen molar-refractivity contribution in [3.8, 4) is 0 Å². The van der Waals surface area contributed by atoms with Crippen molar-refractivity contribution in [1.82, 2.24) is 0 Å². The zero-order chi connectivity index (χ0) is 6.53. The van der Waals surface area contributed by atoms with Crippen LogP contribution < -0.4 is 0 Å². The molecule has 1 heterocycles. The van der Waals surface area contributed by atoms with Crippen LogP contribution in [0.5, 0.6) is 0 Å². The molecule has 0 bridgehead atoms. The summed E-state index contributed by atoms with van der Waals surface area (Å²) in [7, 11) is 0. The zero-order valence-corrected chi connectivity index (χ0v) is 9.50. The fourth-order valence-electron chi connectivity index (χ4n) is 1.19. The maximum Gasteiger partial charge on any atom is -0.412 e. The third-order valence-corrected chi connectivity index (χ3v) is 9.05. The Morgan fingerprint density at radius 3 is 2.70 bits per heavy atom. The average Bonchev–Trinajstić information content (AvgIpc) is 1.91. The molecule has 2 N–H and O–H groups in total. The first-order valence-corrected chi connectivity index (χ1v) is 9.11. The molecule has 2 nitrogen and oxygen atoms in total. The van der Waals surface area contributed by atoms with Crippen LogP contribution in [-0.2, 0) is 3.07 Å². The molecule has 0 aromatic heterocycles. The van der Waals surface area contributed by atoms with Crippen molar-refractivity contribution in [3.05, 3.63) is 0 Å². The Morgan fingerprint density at radius 2 is 2.20 bits per heavy atom. The zero-order valence-electron chi connectivity index (χ0n) is 6.65. The van der Waals surface area contributed by atoms with Gasteiger partial charge >= 0.3 is 64.9 Å². The second kappa shape index (κ2) is 6.43. The molecule has 61 valence electrons. The molecule has 1 saturated heterocycles. The molecule has 0 unspecified atom stereocenters. The second-order valence-electron chi connectivity index (χ2n) is 2.59. The van der Waals surface area contributed by atoms with E-state index in [1.165, 1.54) is 28.1 Å². The smallest absolute Gasteiger partial charge is 0.412 e. The van der Waals surface area contributed by atoms with E-state index in [0.717, 1.165) is 6.61 Å². The molecule has 1 aliphatic rings. The van der Waals surface area contributed by atoms with Gasteiger partial charge in [-0.05, 0) is 0 Å². The molecule has 0 atom stereocenters. The third-order valence-electron chi connectivity index (χ3n) is 1.68. The maximum absolute atomic E-state index is 5.72. The second-order valence-corrected chi connectivity index (χ2v) is 9.35. The summed E-state index contributed by atoms with van der Waals surface area (Å²) in [4.78, 5) is 0. The van der Waals surface area contributed by atoms with Gasteiger partial charge in [-0.2, -0.15) is 0 Å². The molecule has 0 saturated carbocycles. The van der Waals surface area contributed by atoms with Crippen LogP contribution in [0, 0.1) is 0 Å². The van der Waals surface area contributed by atoms with Crippen LogP contribution in [0.2, 0.25) is 8.87 Å². The molecule has 3 heteroatoms. The molecular weight excluding hydrogens is 235 g/mol. The minimum absolute atomic E-state index is 0. The van der Waals surface area contributed by atoms with Crippen molar-refractivity contribution in [2.45, 2.75) is 35.1 Å². The molecule has 0 amide bonds. The van der Waals surface area contributed by atoms with E-state index < -0.39 is 20.2 Å². The Kier molecular flexibility index (Phi) is 6.89. The summed E-state index contributed by atoms with van der Waals surface area (Å²) in [5.41, 5.74) is 0. The minimum Gasteiger partial charge on any atom is -0.412 e. The van der Waals surface area contributed by atoms with Crippen molar-refractivity contribution in [3.63, 3.8) is 0 Å². The Bertz CT molecular complexity index is 69.3.